The molecule has 3 fully saturated rings. The van der Waals surface area contributed by atoms with Crippen molar-refractivity contribution in [1.82, 2.24) is 0 Å². The van der Waals surface area contributed by atoms with Crippen molar-refractivity contribution in [3.63, 3.8) is 0 Å². The van der Waals surface area contributed by atoms with Crippen LogP contribution < -0.4 is 0 Å². The number of rotatable bonds is 3. The second-order valence-electron chi connectivity index (χ2n) is 9.06. The summed E-state index contributed by atoms with van der Waals surface area (Å²) in [5.41, 5.74) is 3.81. The second kappa shape index (κ2) is 13.2. The smallest absolute Gasteiger partial charge is 0.0809 e. The number of hydrogen-bond donors (Lipinski definition) is 2. The van der Waals surface area contributed by atoms with Crippen LogP contribution in [0.5, 0.6) is 0 Å². The summed E-state index contributed by atoms with van der Waals surface area (Å²) in [6, 6.07) is 0. The van der Waals surface area contributed by atoms with Crippen LogP contribution >= 0.6 is 0 Å². The van der Waals surface area contributed by atoms with Gasteiger partial charge in [-0.2, -0.15) is 0 Å². The van der Waals surface area contributed by atoms with Crippen LogP contribution in [-0.2, 0) is 98.1 Å². The van der Waals surface area contributed by atoms with E-state index in [9.17, 15) is 10.2 Å². The minimum absolute atomic E-state index is 0. The zero-order chi connectivity index (χ0) is 18.2. The van der Waals surface area contributed by atoms with Crippen LogP contribution in [0, 0.1) is 23.2 Å². The van der Waals surface area contributed by atoms with Crippen molar-refractivity contribution < 1.29 is 108 Å². The van der Waals surface area contributed by atoms with Crippen molar-refractivity contribution in [2.75, 3.05) is 0 Å². The van der Waals surface area contributed by atoms with Gasteiger partial charge in [0.25, 0.3) is 0 Å². The largest absolute Gasteiger partial charge is 0.388 e. The molecule has 28 heavy (non-hydrogen) atoms. The molecule has 0 aromatic carbocycles. The van der Waals surface area contributed by atoms with Gasteiger partial charge >= 0.3 is 0 Å². The third-order valence-electron chi connectivity index (χ3n) is 7.67. The van der Waals surface area contributed by atoms with Gasteiger partial charge in [-0.15, -0.1) is 0 Å². The van der Waals surface area contributed by atoms with E-state index in [1.165, 1.54) is 38.5 Å². The van der Waals surface area contributed by atoms with Gasteiger partial charge in [0.15, 0.2) is 0 Å². The van der Waals surface area contributed by atoms with E-state index in [2.05, 4.69) is 39.5 Å². The van der Waals surface area contributed by atoms with E-state index >= 15 is 0 Å². The molecule has 3 rings (SSSR count). The van der Waals surface area contributed by atoms with Gasteiger partial charge in [-0.05, 0) is 73.7 Å². The average Bonchev–Trinajstić information content (AvgIpc) is 2.94. The Labute approximate surface area is 247 Å². The first kappa shape index (κ1) is 30.5. The quantitative estimate of drug-likeness (QED) is 0.433. The first-order valence-corrected chi connectivity index (χ1v) is 10.3. The zero-order valence-corrected chi connectivity index (χ0v) is 26.5. The Kier molecular flexibility index (Phi) is 14.4. The molecule has 3 aliphatic carbocycles. The van der Waals surface area contributed by atoms with E-state index in [4.69, 9.17) is 0 Å². The number of hydrogen-bond acceptors (Lipinski definition) is 2. The number of aliphatic hydroxyl groups is 2. The summed E-state index contributed by atoms with van der Waals surface area (Å²) in [7, 11) is 0. The van der Waals surface area contributed by atoms with Gasteiger partial charge < -0.3 is 10.2 Å². The topological polar surface area (TPSA) is 40.5 Å². The van der Waals surface area contributed by atoms with Crippen LogP contribution in [0.1, 0.15) is 72.1 Å². The molecule has 6 atom stereocenters. The summed E-state index contributed by atoms with van der Waals surface area (Å²) in [4.78, 5) is 0. The van der Waals surface area contributed by atoms with E-state index in [1.807, 2.05) is 0 Å². The van der Waals surface area contributed by atoms with E-state index < -0.39 is 12.2 Å². The molecule has 2 N–H and O–H groups in total. The Morgan fingerprint density at radius 2 is 1.71 bits per heavy atom. The fraction of sp³-hybridized carbons (Fsp3) is 0.739. The molecule has 3 unspecified atom stereocenters. The predicted molar refractivity (Wildman–Crippen MR) is 104 cm³/mol. The summed E-state index contributed by atoms with van der Waals surface area (Å²) in [6.07, 6.45) is 12.5. The molecule has 3 saturated carbocycles. The van der Waals surface area contributed by atoms with Gasteiger partial charge in [0.05, 0.1) is 12.2 Å². The standard InChI is InChI=1S/C23H36O2.3Y/c1-5-15(2)19-10-11-20-18(7-6-12-23(19,20)4)9-8-17-13-21(24)16(3)22(25)14-17;;;/h8-9,15,19-22,24-25H,3,5-7,10-14H2,1-2,4H3;;;/b18-9+;;;/t15?,19?,20?,21-,22-,23-;;;/m1.../s1. The molecule has 0 saturated heterocycles. The second-order valence-corrected chi connectivity index (χ2v) is 9.06. The first-order valence-electron chi connectivity index (χ1n) is 10.3. The molecule has 3 radical (unpaired) electrons. The van der Waals surface area contributed by atoms with Crippen LogP contribution in [0.25, 0.3) is 0 Å². The number of aliphatic hydroxyl groups excluding tert-OH is 2. The minimum Gasteiger partial charge on any atom is -0.388 e. The maximum Gasteiger partial charge on any atom is 0.0809 e. The third kappa shape index (κ3) is 6.50. The van der Waals surface area contributed by atoms with Crippen molar-refractivity contribution >= 4 is 0 Å². The van der Waals surface area contributed by atoms with Crippen LogP contribution in [-0.4, -0.2) is 22.4 Å². The SMILES string of the molecule is C=C1[C@H](O)CC(=C/C=C2\CCC[C@@]3(C)C2CCC3C(C)CC)C[C@H]1O.[Y].[Y].[Y]. The Morgan fingerprint density at radius 1 is 1.11 bits per heavy atom. The maximum atomic E-state index is 10.0. The molecule has 149 valence electrons. The fourth-order valence-corrected chi connectivity index (χ4v) is 5.92. The maximum absolute atomic E-state index is 10.0. The molecule has 0 aromatic heterocycles. The minimum atomic E-state index is -0.591. The molecule has 0 spiro atoms. The summed E-state index contributed by atoms with van der Waals surface area (Å²) in [6.45, 7) is 11.1. The van der Waals surface area contributed by atoms with Gasteiger partial charge in [-0.25, -0.2) is 0 Å². The Balaban J connectivity index is 0.00000243. The van der Waals surface area contributed by atoms with Gasteiger partial charge in [0, 0.05) is 98.1 Å². The van der Waals surface area contributed by atoms with Crippen molar-refractivity contribution in [2.24, 2.45) is 23.2 Å². The van der Waals surface area contributed by atoms with Crippen molar-refractivity contribution in [1.29, 1.82) is 0 Å². The van der Waals surface area contributed by atoms with Crippen LogP contribution in [0.15, 0.2) is 35.5 Å². The molecular formula is C23H36O2Y3. The van der Waals surface area contributed by atoms with E-state index in [0.29, 0.717) is 23.8 Å². The Morgan fingerprint density at radius 3 is 2.29 bits per heavy atom. The van der Waals surface area contributed by atoms with Crippen molar-refractivity contribution in [3.05, 3.63) is 35.5 Å². The van der Waals surface area contributed by atoms with Gasteiger partial charge in [0.1, 0.15) is 0 Å². The fourth-order valence-electron chi connectivity index (χ4n) is 5.92. The Bertz CT molecular complexity index is 570. The molecule has 3 aliphatic rings. The summed E-state index contributed by atoms with van der Waals surface area (Å²) in [5.74, 6) is 2.41. The summed E-state index contributed by atoms with van der Waals surface area (Å²) >= 11 is 0. The van der Waals surface area contributed by atoms with Crippen molar-refractivity contribution in [3.8, 4) is 0 Å². The van der Waals surface area contributed by atoms with Crippen LogP contribution in [0.2, 0.25) is 0 Å². The molecule has 0 heterocycles. The summed E-state index contributed by atoms with van der Waals surface area (Å²) < 4.78 is 0. The van der Waals surface area contributed by atoms with Crippen LogP contribution in [0.3, 0.4) is 0 Å². The van der Waals surface area contributed by atoms with Gasteiger partial charge in [-0.3, -0.25) is 0 Å². The molecule has 5 heteroatoms. The molecule has 0 amide bonds. The number of fused-ring (bicyclic) bond motifs is 1. The van der Waals surface area contributed by atoms with Gasteiger partial charge in [0.2, 0.25) is 0 Å². The van der Waals surface area contributed by atoms with E-state index in [0.717, 1.165) is 23.3 Å². The number of allylic oxidation sites excluding steroid dienone is 3. The average molecular weight is 611 g/mol. The van der Waals surface area contributed by atoms with Crippen molar-refractivity contribution in [2.45, 2.75) is 84.3 Å². The first-order chi connectivity index (χ1) is 11.9. The normalized spacial score (nSPS) is 37.2. The molecular weight excluding hydrogens is 575 g/mol. The van der Waals surface area contributed by atoms with Gasteiger partial charge in [-0.1, -0.05) is 57.1 Å². The third-order valence-corrected chi connectivity index (χ3v) is 7.67. The molecule has 2 nitrogen and oxygen atoms in total. The van der Waals surface area contributed by atoms with E-state index in [1.54, 1.807) is 5.57 Å². The van der Waals surface area contributed by atoms with E-state index in [-0.39, 0.29) is 98.1 Å². The Hall–Kier alpha value is 2.45. The predicted octanol–water partition coefficient (Wildman–Crippen LogP) is 5.17. The molecule has 0 aromatic rings. The molecule has 0 aliphatic heterocycles. The van der Waals surface area contributed by atoms with Crippen LogP contribution in [0.4, 0.5) is 0 Å². The zero-order valence-electron chi connectivity index (χ0n) is 18.0. The summed E-state index contributed by atoms with van der Waals surface area (Å²) in [5, 5.41) is 20.1. The molecule has 0 bridgehead atoms. The monoisotopic (exact) mass is 611 g/mol.